The van der Waals surface area contributed by atoms with Gasteiger partial charge in [-0.05, 0) is 32.6 Å². The number of nitrogens with zero attached hydrogens (tertiary/aromatic N) is 1. The molecule has 0 aromatic rings. The van der Waals surface area contributed by atoms with E-state index < -0.39 is 0 Å². The molecule has 122 valence electrons. The van der Waals surface area contributed by atoms with Gasteiger partial charge in [-0.15, -0.1) is 0 Å². The number of allylic oxidation sites excluding steroid dienone is 2. The second-order valence-corrected chi connectivity index (χ2v) is 6.19. The minimum absolute atomic E-state index is 0.327. The number of aliphatic hydroxyl groups excluding tert-OH is 1. The number of quaternary nitrogens is 1. The first-order chi connectivity index (χ1) is 10.2. The largest absolute Gasteiger partial charge is 0.345 e. The van der Waals surface area contributed by atoms with E-state index in [1.165, 1.54) is 38.5 Å². The van der Waals surface area contributed by atoms with Gasteiger partial charge >= 0.3 is 0 Å². The molecule has 2 N–H and O–H groups in total. The van der Waals surface area contributed by atoms with E-state index in [-0.39, 0.29) is 6.23 Å². The van der Waals surface area contributed by atoms with E-state index >= 15 is 0 Å². The zero-order valence-corrected chi connectivity index (χ0v) is 14.2. The molecule has 1 aliphatic heterocycles. The summed E-state index contributed by atoms with van der Waals surface area (Å²) in [7, 11) is 0. The molecule has 0 spiro atoms. The fourth-order valence-electron chi connectivity index (χ4n) is 3.19. The van der Waals surface area contributed by atoms with E-state index in [0.717, 1.165) is 19.4 Å². The normalized spacial score (nSPS) is 26.4. The van der Waals surface area contributed by atoms with E-state index in [1.807, 2.05) is 13.1 Å². The third-order valence-corrected chi connectivity index (χ3v) is 4.70. The lowest BCUT2D eigenvalue weighted by Crippen LogP contribution is -2.57. The molecule has 3 atom stereocenters. The van der Waals surface area contributed by atoms with Crippen LogP contribution in [0.15, 0.2) is 24.6 Å². The van der Waals surface area contributed by atoms with Crippen LogP contribution in [-0.2, 0) is 0 Å². The highest BCUT2D eigenvalue weighted by Gasteiger charge is 2.40. The number of unbranched alkanes of at least 4 members (excludes halogenated alkanes) is 5. The lowest BCUT2D eigenvalue weighted by atomic mass is 10.1. The number of hydrogen-bond acceptors (Lipinski definition) is 2. The highest BCUT2D eigenvalue weighted by molar-refractivity contribution is 4.86. The van der Waals surface area contributed by atoms with E-state index in [0.29, 0.717) is 10.6 Å². The Morgan fingerprint density at radius 2 is 1.86 bits per heavy atom. The first-order valence-corrected chi connectivity index (χ1v) is 8.81. The van der Waals surface area contributed by atoms with Crippen molar-refractivity contribution in [2.24, 2.45) is 0 Å². The smallest absolute Gasteiger partial charge is 0.193 e. The van der Waals surface area contributed by atoms with Crippen LogP contribution in [0.4, 0.5) is 0 Å². The van der Waals surface area contributed by atoms with Crippen LogP contribution in [0.3, 0.4) is 0 Å². The minimum atomic E-state index is -0.347. The van der Waals surface area contributed by atoms with Crippen LogP contribution >= 0.6 is 0 Å². The van der Waals surface area contributed by atoms with Crippen LogP contribution in [0, 0.1) is 0 Å². The van der Waals surface area contributed by atoms with Gasteiger partial charge in [-0.25, -0.2) is 0 Å². The topological polar surface area (TPSA) is 32.3 Å². The van der Waals surface area contributed by atoms with Crippen LogP contribution in [0.1, 0.15) is 72.1 Å². The van der Waals surface area contributed by atoms with Crippen LogP contribution < -0.4 is 5.32 Å². The quantitative estimate of drug-likeness (QED) is 0.339. The predicted octanol–water partition coefficient (Wildman–Crippen LogP) is 4.26. The van der Waals surface area contributed by atoms with Gasteiger partial charge in [0.2, 0.25) is 0 Å². The van der Waals surface area contributed by atoms with E-state index in [4.69, 9.17) is 0 Å². The molecular formula is C18H35N2O+. The molecule has 0 aliphatic carbocycles. The van der Waals surface area contributed by atoms with Gasteiger partial charge in [0.05, 0.1) is 12.7 Å². The fourth-order valence-corrected chi connectivity index (χ4v) is 3.19. The molecule has 21 heavy (non-hydrogen) atoms. The van der Waals surface area contributed by atoms with E-state index in [1.54, 1.807) is 0 Å². The molecule has 1 heterocycles. The maximum absolute atomic E-state index is 10.1. The summed E-state index contributed by atoms with van der Waals surface area (Å²) in [6.07, 6.45) is 18.8. The Kier molecular flexibility index (Phi) is 8.70. The van der Waals surface area contributed by atoms with Gasteiger partial charge in [-0.1, -0.05) is 38.3 Å². The SMILES string of the molecule is CCCCCC/C=C/CCCC1NC=C[N+]1(CC)C(C)O. The fraction of sp³-hybridized carbons (Fsp3) is 0.778. The molecule has 0 radical (unpaired) electrons. The van der Waals surface area contributed by atoms with Crippen molar-refractivity contribution in [3.63, 3.8) is 0 Å². The average molecular weight is 295 g/mol. The third-order valence-electron chi connectivity index (χ3n) is 4.70. The van der Waals surface area contributed by atoms with Crippen molar-refractivity contribution in [3.8, 4) is 0 Å². The third kappa shape index (κ3) is 5.48. The van der Waals surface area contributed by atoms with Gasteiger partial charge in [-0.3, -0.25) is 4.48 Å². The Morgan fingerprint density at radius 3 is 2.48 bits per heavy atom. The molecule has 3 unspecified atom stereocenters. The summed E-state index contributed by atoms with van der Waals surface area (Å²) in [6, 6.07) is 0. The molecule has 3 nitrogen and oxygen atoms in total. The van der Waals surface area contributed by atoms with Crippen molar-refractivity contribution in [1.29, 1.82) is 0 Å². The maximum atomic E-state index is 10.1. The van der Waals surface area contributed by atoms with E-state index in [2.05, 4.69) is 37.5 Å². The molecule has 0 amide bonds. The number of aliphatic hydroxyl groups is 1. The highest BCUT2D eigenvalue weighted by Crippen LogP contribution is 2.25. The summed E-state index contributed by atoms with van der Waals surface area (Å²) in [5.41, 5.74) is 0. The van der Waals surface area contributed by atoms with Crippen molar-refractivity contribution >= 4 is 0 Å². The summed E-state index contributed by atoms with van der Waals surface area (Å²) in [5.74, 6) is 0. The van der Waals surface area contributed by atoms with Gasteiger partial charge < -0.3 is 10.4 Å². The highest BCUT2D eigenvalue weighted by atomic mass is 16.3. The number of nitrogens with one attached hydrogen (secondary N) is 1. The van der Waals surface area contributed by atoms with Crippen LogP contribution in [0.25, 0.3) is 0 Å². The molecule has 1 rings (SSSR count). The summed E-state index contributed by atoms with van der Waals surface area (Å²) in [6.45, 7) is 7.22. The number of rotatable bonds is 11. The Hall–Kier alpha value is -0.800. The molecule has 1 aliphatic rings. The molecule has 0 aromatic carbocycles. The Balaban J connectivity index is 2.19. The second kappa shape index (κ2) is 10.0. The maximum Gasteiger partial charge on any atom is 0.193 e. The van der Waals surface area contributed by atoms with Gasteiger partial charge in [0.1, 0.15) is 6.20 Å². The monoisotopic (exact) mass is 295 g/mol. The Bertz CT molecular complexity index is 325. The average Bonchev–Trinajstić information content (AvgIpc) is 2.89. The van der Waals surface area contributed by atoms with Gasteiger partial charge in [0, 0.05) is 13.3 Å². The van der Waals surface area contributed by atoms with Crippen molar-refractivity contribution in [2.45, 2.75) is 84.5 Å². The summed E-state index contributed by atoms with van der Waals surface area (Å²) in [5, 5.41) is 13.5. The molecule has 0 fully saturated rings. The van der Waals surface area contributed by atoms with Crippen LogP contribution in [0.2, 0.25) is 0 Å². The minimum Gasteiger partial charge on any atom is -0.345 e. The first-order valence-electron chi connectivity index (χ1n) is 8.81. The van der Waals surface area contributed by atoms with Gasteiger partial charge in [0.15, 0.2) is 12.4 Å². The zero-order chi connectivity index (χ0) is 15.6. The lowest BCUT2D eigenvalue weighted by Gasteiger charge is -2.39. The van der Waals surface area contributed by atoms with Crippen molar-refractivity contribution in [3.05, 3.63) is 24.6 Å². The molecular weight excluding hydrogens is 260 g/mol. The molecule has 0 aromatic heterocycles. The molecule has 3 heteroatoms. The summed E-state index contributed by atoms with van der Waals surface area (Å²) >= 11 is 0. The van der Waals surface area contributed by atoms with E-state index in [9.17, 15) is 5.11 Å². The lowest BCUT2D eigenvalue weighted by molar-refractivity contribution is -0.942. The molecule has 0 saturated heterocycles. The molecule has 0 saturated carbocycles. The summed E-state index contributed by atoms with van der Waals surface area (Å²) < 4.78 is 0.654. The van der Waals surface area contributed by atoms with Gasteiger partial charge in [0.25, 0.3) is 0 Å². The standard InChI is InChI=1S/C18H35N2O/c1-4-6-7-8-9-10-11-12-13-14-18-19-15-16-20(18,5-2)17(3)21/h10-11,15-19,21H,4-9,12-14H2,1-3H3/q+1/b11-10+. The van der Waals surface area contributed by atoms with Crippen LogP contribution in [-0.4, -0.2) is 28.5 Å². The predicted molar refractivity (Wildman–Crippen MR) is 90.3 cm³/mol. The number of hydrogen-bond donors (Lipinski definition) is 2. The first kappa shape index (κ1) is 18.2. The zero-order valence-electron chi connectivity index (χ0n) is 14.2. The van der Waals surface area contributed by atoms with Crippen molar-refractivity contribution in [1.82, 2.24) is 5.32 Å². The van der Waals surface area contributed by atoms with Crippen LogP contribution in [0.5, 0.6) is 0 Å². The Morgan fingerprint density at radius 1 is 1.14 bits per heavy atom. The van der Waals surface area contributed by atoms with Gasteiger partial charge in [-0.2, -0.15) is 0 Å². The second-order valence-electron chi connectivity index (χ2n) is 6.19. The summed E-state index contributed by atoms with van der Waals surface area (Å²) in [4.78, 5) is 0. The Labute approximate surface area is 131 Å². The van der Waals surface area contributed by atoms with Crippen molar-refractivity contribution < 1.29 is 9.59 Å². The van der Waals surface area contributed by atoms with Crippen molar-refractivity contribution in [2.75, 3.05) is 6.54 Å². The molecule has 0 bridgehead atoms.